The van der Waals surface area contributed by atoms with Crippen molar-refractivity contribution in [2.45, 2.75) is 31.1 Å². The van der Waals surface area contributed by atoms with Crippen molar-refractivity contribution in [3.05, 3.63) is 79.9 Å². The number of aromatic nitrogens is 3. The van der Waals surface area contributed by atoms with Gasteiger partial charge in [-0.1, -0.05) is 0 Å². The Balaban J connectivity index is 1.13. The van der Waals surface area contributed by atoms with Crippen LogP contribution < -0.4 is 21.1 Å². The minimum atomic E-state index is -0.918. The number of amides is 1. The van der Waals surface area contributed by atoms with Gasteiger partial charge in [-0.3, -0.25) is 9.59 Å². The molecular weight excluding hydrogens is 572 g/mol. The third-order valence-electron chi connectivity index (χ3n) is 8.82. The summed E-state index contributed by atoms with van der Waals surface area (Å²) < 4.78 is 32.0. The number of pyridine rings is 1. The van der Waals surface area contributed by atoms with Crippen molar-refractivity contribution in [2.24, 2.45) is 7.05 Å². The number of hydrogen-bond acceptors (Lipinski definition) is 8. The van der Waals surface area contributed by atoms with E-state index in [0.717, 1.165) is 57.3 Å². The summed E-state index contributed by atoms with van der Waals surface area (Å²) in [5, 5.41) is 14.0. The van der Waals surface area contributed by atoms with Gasteiger partial charge in [0, 0.05) is 55.4 Å². The topological polar surface area (TPSA) is 95.4 Å². The van der Waals surface area contributed by atoms with Crippen LogP contribution in [0.15, 0.2) is 47.4 Å². The number of halogens is 2. The first kappa shape index (κ1) is 27.7. The molecule has 3 aliphatic rings. The molecule has 4 aromatic rings. The molecule has 4 heterocycles. The van der Waals surface area contributed by atoms with Gasteiger partial charge in [0.1, 0.15) is 17.2 Å². The van der Waals surface area contributed by atoms with E-state index in [-0.39, 0.29) is 16.8 Å². The molecule has 7 rings (SSSR count). The van der Waals surface area contributed by atoms with Crippen LogP contribution >= 0.6 is 11.3 Å². The average Bonchev–Trinajstić information content (AvgIpc) is 3.73. The molecule has 0 spiro atoms. The third-order valence-corrected chi connectivity index (χ3v) is 10.1. The van der Waals surface area contributed by atoms with Gasteiger partial charge in [-0.25, -0.2) is 8.78 Å². The summed E-state index contributed by atoms with van der Waals surface area (Å²) >= 11 is 1.42. The highest BCUT2D eigenvalue weighted by Gasteiger charge is 2.39. The monoisotopic (exact) mass is 603 g/mol. The Morgan fingerprint density at radius 3 is 2.53 bits per heavy atom. The number of aryl methyl sites for hydroxylation is 1. The van der Waals surface area contributed by atoms with Gasteiger partial charge in [-0.15, -0.1) is 21.5 Å². The Kier molecular flexibility index (Phi) is 6.97. The lowest BCUT2D eigenvalue weighted by molar-refractivity contribution is 0.102. The number of thiophene rings is 1. The normalized spacial score (nSPS) is 19.5. The second-order valence-electron chi connectivity index (χ2n) is 11.6. The molecule has 2 atom stereocenters. The van der Waals surface area contributed by atoms with Gasteiger partial charge in [0.2, 0.25) is 0 Å². The molecule has 43 heavy (non-hydrogen) atoms. The maximum atomic E-state index is 15.8. The van der Waals surface area contributed by atoms with Crippen LogP contribution in [0.5, 0.6) is 0 Å². The number of piperazine rings is 1. The van der Waals surface area contributed by atoms with Crippen LogP contribution in [0.1, 0.15) is 51.2 Å². The van der Waals surface area contributed by atoms with Crippen molar-refractivity contribution in [3.8, 4) is 11.1 Å². The highest BCUT2D eigenvalue weighted by Crippen LogP contribution is 2.56. The summed E-state index contributed by atoms with van der Waals surface area (Å²) in [6.45, 7) is 3.57. The molecule has 1 saturated carbocycles. The highest BCUT2D eigenvalue weighted by molar-refractivity contribution is 7.14. The molecule has 2 fully saturated rings. The van der Waals surface area contributed by atoms with Crippen molar-refractivity contribution in [3.63, 3.8) is 0 Å². The summed E-state index contributed by atoms with van der Waals surface area (Å²) in [7, 11) is 3.63. The van der Waals surface area contributed by atoms with E-state index in [1.165, 1.54) is 44.7 Å². The van der Waals surface area contributed by atoms with Crippen molar-refractivity contribution in [1.82, 2.24) is 19.7 Å². The van der Waals surface area contributed by atoms with Crippen LogP contribution in [0.25, 0.3) is 11.1 Å². The number of fused-ring (bicyclic) bond motifs is 5. The largest absolute Gasteiger partial charge is 0.353 e. The van der Waals surface area contributed by atoms with E-state index in [4.69, 9.17) is 0 Å². The smallest absolute Gasteiger partial charge is 0.274 e. The summed E-state index contributed by atoms with van der Waals surface area (Å²) in [5.41, 5.74) is 0.853. The van der Waals surface area contributed by atoms with Gasteiger partial charge in [0.15, 0.2) is 17.5 Å². The maximum absolute atomic E-state index is 15.8. The molecule has 2 bridgehead atoms. The number of carbonyl (C=O) groups excluding carboxylic acids is 1. The maximum Gasteiger partial charge on any atom is 0.274 e. The Labute approximate surface area is 251 Å². The van der Waals surface area contributed by atoms with E-state index in [9.17, 15) is 14.0 Å². The lowest BCUT2D eigenvalue weighted by Crippen LogP contribution is -2.44. The molecular formula is C31H31F2N7O2S. The fourth-order valence-electron chi connectivity index (χ4n) is 6.42. The second kappa shape index (κ2) is 10.8. The minimum absolute atomic E-state index is 0.0403. The standard InChI is InChI=1S/C31H31F2N7O2S/c1-38-9-11-40(12-10-38)26-8-7-25(36-37-26)34-23-14-19(16-39(2)31(23)42)20-5-6-22(32)28(27(20)33)35-30(41)24-15-21-17-3-4-18(13-17)29(21)43-24/h5-8,14-18H,3-4,9-13H2,1-2H3,(H,34,36)(H,35,41). The molecule has 9 nitrogen and oxygen atoms in total. The van der Waals surface area contributed by atoms with Crippen LogP contribution in [-0.2, 0) is 7.05 Å². The quantitative estimate of drug-likeness (QED) is 0.309. The van der Waals surface area contributed by atoms with E-state index >= 15 is 4.39 Å². The zero-order chi connectivity index (χ0) is 29.8. The van der Waals surface area contributed by atoms with Crippen molar-refractivity contribution < 1.29 is 13.6 Å². The Bertz CT molecular complexity index is 1750. The van der Waals surface area contributed by atoms with Gasteiger partial charge < -0.3 is 25.0 Å². The van der Waals surface area contributed by atoms with Crippen molar-refractivity contribution in [2.75, 3.05) is 48.8 Å². The molecule has 1 amide bonds. The number of rotatable bonds is 6. The predicted octanol–water partition coefficient (Wildman–Crippen LogP) is 5.29. The first-order chi connectivity index (χ1) is 20.7. The average molecular weight is 604 g/mol. The summed E-state index contributed by atoms with van der Waals surface area (Å²) in [4.78, 5) is 32.1. The zero-order valence-electron chi connectivity index (χ0n) is 23.9. The molecule has 222 valence electrons. The summed E-state index contributed by atoms with van der Waals surface area (Å²) in [5.74, 6) is -0.232. The lowest BCUT2D eigenvalue weighted by atomic mass is 9.99. The molecule has 1 saturated heterocycles. The van der Waals surface area contributed by atoms with Crippen molar-refractivity contribution in [1.29, 1.82) is 0 Å². The fourth-order valence-corrected chi connectivity index (χ4v) is 7.71. The van der Waals surface area contributed by atoms with Crippen LogP contribution in [0.2, 0.25) is 0 Å². The second-order valence-corrected chi connectivity index (χ2v) is 12.7. The Morgan fingerprint density at radius 2 is 1.79 bits per heavy atom. The number of likely N-dealkylation sites (N-methyl/N-ethyl adjacent to an activating group) is 1. The molecule has 3 aromatic heterocycles. The van der Waals surface area contributed by atoms with Gasteiger partial charge in [-0.05, 0) is 80.1 Å². The molecule has 1 aromatic carbocycles. The van der Waals surface area contributed by atoms with Crippen LogP contribution in [-0.4, -0.2) is 58.8 Å². The third kappa shape index (κ3) is 5.08. The number of nitrogens with zero attached hydrogens (tertiary/aromatic N) is 5. The highest BCUT2D eigenvalue weighted by atomic mass is 32.1. The van der Waals surface area contributed by atoms with Crippen LogP contribution in [0.4, 0.5) is 31.8 Å². The Morgan fingerprint density at radius 1 is 1.00 bits per heavy atom. The lowest BCUT2D eigenvalue weighted by Gasteiger charge is -2.32. The zero-order valence-corrected chi connectivity index (χ0v) is 24.7. The summed E-state index contributed by atoms with van der Waals surface area (Å²) in [6.07, 6.45) is 4.87. The molecule has 1 aliphatic heterocycles. The molecule has 0 radical (unpaired) electrons. The number of carbonyl (C=O) groups is 1. The fraction of sp³-hybridized carbons (Fsp3) is 0.355. The van der Waals surface area contributed by atoms with Gasteiger partial charge in [0.25, 0.3) is 11.5 Å². The minimum Gasteiger partial charge on any atom is -0.353 e. The number of anilines is 4. The van der Waals surface area contributed by atoms with Crippen molar-refractivity contribution >= 4 is 40.3 Å². The number of hydrogen-bond donors (Lipinski definition) is 2. The van der Waals surface area contributed by atoms with Gasteiger partial charge >= 0.3 is 0 Å². The number of nitrogens with one attached hydrogen (secondary N) is 2. The van der Waals surface area contributed by atoms with Crippen LogP contribution in [0, 0.1) is 11.6 Å². The molecule has 12 heteroatoms. The van der Waals surface area contributed by atoms with E-state index in [1.807, 2.05) is 12.1 Å². The van der Waals surface area contributed by atoms with E-state index in [2.05, 4.69) is 37.7 Å². The van der Waals surface area contributed by atoms with Crippen LogP contribution in [0.3, 0.4) is 0 Å². The van der Waals surface area contributed by atoms with E-state index < -0.39 is 23.2 Å². The van der Waals surface area contributed by atoms with E-state index in [1.54, 1.807) is 13.1 Å². The first-order valence-electron chi connectivity index (χ1n) is 14.4. The molecule has 2 aliphatic carbocycles. The first-order valence-corrected chi connectivity index (χ1v) is 15.2. The predicted molar refractivity (Wildman–Crippen MR) is 164 cm³/mol. The SMILES string of the molecule is CN1CCN(c2ccc(Nc3cc(-c4ccc(F)c(NC(=O)c5cc6c(s5)C5CCC6C5)c4F)cn(C)c3=O)nn2)CC1. The Hall–Kier alpha value is -4.16. The summed E-state index contributed by atoms with van der Waals surface area (Å²) in [6, 6.07) is 9.36. The van der Waals surface area contributed by atoms with Gasteiger partial charge in [-0.2, -0.15) is 0 Å². The number of benzene rings is 1. The van der Waals surface area contributed by atoms with Gasteiger partial charge in [0.05, 0.1) is 4.88 Å². The molecule has 2 unspecified atom stereocenters. The molecule has 2 N–H and O–H groups in total. The van der Waals surface area contributed by atoms with E-state index in [0.29, 0.717) is 28.1 Å².